The Morgan fingerprint density at radius 1 is 1.06 bits per heavy atom. The van der Waals surface area contributed by atoms with Gasteiger partial charge >= 0.3 is 0 Å². The minimum absolute atomic E-state index is 0.0720. The van der Waals surface area contributed by atoms with E-state index in [0.29, 0.717) is 6.42 Å². The molecular formula is C16H15FO. The molecule has 0 aliphatic carbocycles. The summed E-state index contributed by atoms with van der Waals surface area (Å²) in [5, 5.41) is 0. The molecule has 0 radical (unpaired) electrons. The maximum atomic E-state index is 12.8. The van der Waals surface area contributed by atoms with Gasteiger partial charge in [0.05, 0.1) is 0 Å². The van der Waals surface area contributed by atoms with Crippen molar-refractivity contribution in [1.29, 1.82) is 0 Å². The number of benzene rings is 2. The van der Waals surface area contributed by atoms with Crippen LogP contribution >= 0.6 is 0 Å². The number of hydrogen-bond acceptors (Lipinski definition) is 1. The lowest BCUT2D eigenvalue weighted by atomic mass is 9.97. The van der Waals surface area contributed by atoms with Crippen LogP contribution < -0.4 is 0 Å². The Bertz CT molecular complexity index is 570. The van der Waals surface area contributed by atoms with Crippen molar-refractivity contribution < 1.29 is 9.18 Å². The van der Waals surface area contributed by atoms with Crippen LogP contribution in [0.4, 0.5) is 4.39 Å². The normalized spacial score (nSPS) is 10.4. The second kappa shape index (κ2) is 5.13. The van der Waals surface area contributed by atoms with Gasteiger partial charge in [-0.25, -0.2) is 4.39 Å². The monoisotopic (exact) mass is 242 g/mol. The molecular weight excluding hydrogens is 227 g/mol. The summed E-state index contributed by atoms with van der Waals surface area (Å²) in [6.45, 7) is 3.89. The summed E-state index contributed by atoms with van der Waals surface area (Å²) in [6, 6.07) is 11.9. The molecule has 2 rings (SSSR count). The zero-order valence-corrected chi connectivity index (χ0v) is 10.5. The van der Waals surface area contributed by atoms with Gasteiger partial charge < -0.3 is 0 Å². The molecule has 0 atom stereocenters. The SMILES string of the molecule is Cc1ccc(C)c(C(=O)Cc2ccc(F)cc2)c1. The molecule has 0 aliphatic heterocycles. The molecule has 0 bridgehead atoms. The standard InChI is InChI=1S/C16H15FO/c1-11-3-4-12(2)15(9-11)16(18)10-13-5-7-14(17)8-6-13/h3-9H,10H2,1-2H3. The Morgan fingerprint density at radius 3 is 2.39 bits per heavy atom. The largest absolute Gasteiger partial charge is 0.294 e. The maximum absolute atomic E-state index is 12.8. The molecule has 0 fully saturated rings. The van der Waals surface area contributed by atoms with Gasteiger partial charge in [0.25, 0.3) is 0 Å². The van der Waals surface area contributed by atoms with Gasteiger partial charge in [-0.05, 0) is 43.2 Å². The molecule has 0 heterocycles. The van der Waals surface area contributed by atoms with Crippen LogP contribution in [0.1, 0.15) is 27.0 Å². The molecule has 0 N–H and O–H groups in total. The first-order chi connectivity index (χ1) is 8.56. The van der Waals surface area contributed by atoms with Crippen LogP contribution in [0.3, 0.4) is 0 Å². The molecule has 92 valence electrons. The van der Waals surface area contributed by atoms with Crippen LogP contribution in [0.15, 0.2) is 42.5 Å². The highest BCUT2D eigenvalue weighted by atomic mass is 19.1. The number of hydrogen-bond donors (Lipinski definition) is 0. The first-order valence-corrected chi connectivity index (χ1v) is 5.91. The van der Waals surface area contributed by atoms with Gasteiger partial charge in [0, 0.05) is 12.0 Å². The van der Waals surface area contributed by atoms with Crippen molar-refractivity contribution in [2.24, 2.45) is 0 Å². The van der Waals surface area contributed by atoms with E-state index in [1.165, 1.54) is 12.1 Å². The fourth-order valence-corrected chi connectivity index (χ4v) is 1.92. The Morgan fingerprint density at radius 2 is 1.72 bits per heavy atom. The number of carbonyl (C=O) groups is 1. The van der Waals surface area contributed by atoms with E-state index < -0.39 is 0 Å². The quantitative estimate of drug-likeness (QED) is 0.747. The number of rotatable bonds is 3. The molecule has 2 heteroatoms. The molecule has 0 amide bonds. The van der Waals surface area contributed by atoms with Gasteiger partial charge in [0.1, 0.15) is 5.82 Å². The van der Waals surface area contributed by atoms with E-state index in [-0.39, 0.29) is 11.6 Å². The molecule has 18 heavy (non-hydrogen) atoms. The number of aryl methyl sites for hydroxylation is 2. The summed E-state index contributed by atoms with van der Waals surface area (Å²) in [6.07, 6.45) is 0.310. The Kier molecular flexibility index (Phi) is 3.56. The molecule has 1 nitrogen and oxygen atoms in total. The minimum atomic E-state index is -0.280. The summed E-state index contributed by atoms with van der Waals surface area (Å²) >= 11 is 0. The van der Waals surface area contributed by atoms with E-state index in [1.54, 1.807) is 12.1 Å². The van der Waals surface area contributed by atoms with E-state index in [4.69, 9.17) is 0 Å². The lowest BCUT2D eigenvalue weighted by Crippen LogP contribution is -2.06. The van der Waals surface area contributed by atoms with Crippen molar-refractivity contribution in [2.45, 2.75) is 20.3 Å². The predicted molar refractivity (Wildman–Crippen MR) is 70.4 cm³/mol. The Balaban J connectivity index is 2.21. The van der Waals surface area contributed by atoms with Crippen molar-refractivity contribution >= 4 is 5.78 Å². The fraction of sp³-hybridized carbons (Fsp3) is 0.188. The third kappa shape index (κ3) is 2.83. The maximum Gasteiger partial charge on any atom is 0.167 e. The number of Topliss-reactive ketones (excluding diaryl/α,β-unsaturated/α-hetero) is 1. The number of halogens is 1. The molecule has 0 saturated carbocycles. The highest BCUT2D eigenvalue weighted by Gasteiger charge is 2.10. The summed E-state index contributed by atoms with van der Waals surface area (Å²) < 4.78 is 12.8. The van der Waals surface area contributed by atoms with Crippen LogP contribution in [-0.4, -0.2) is 5.78 Å². The van der Waals surface area contributed by atoms with Gasteiger partial charge in [-0.15, -0.1) is 0 Å². The number of carbonyl (C=O) groups excluding carboxylic acids is 1. The van der Waals surface area contributed by atoms with E-state index in [2.05, 4.69) is 0 Å². The Labute approximate surface area is 106 Å². The van der Waals surface area contributed by atoms with Crippen LogP contribution in [0, 0.1) is 19.7 Å². The average Bonchev–Trinajstić information content (AvgIpc) is 2.35. The van der Waals surface area contributed by atoms with Crippen LogP contribution in [0.25, 0.3) is 0 Å². The fourth-order valence-electron chi connectivity index (χ4n) is 1.92. The topological polar surface area (TPSA) is 17.1 Å². The van der Waals surface area contributed by atoms with Gasteiger partial charge in [-0.1, -0.05) is 29.8 Å². The third-order valence-electron chi connectivity index (χ3n) is 2.97. The molecule has 2 aromatic carbocycles. The van der Waals surface area contributed by atoms with Gasteiger partial charge in [0.15, 0.2) is 5.78 Å². The smallest absolute Gasteiger partial charge is 0.167 e. The van der Waals surface area contributed by atoms with Gasteiger partial charge in [-0.2, -0.15) is 0 Å². The summed E-state index contributed by atoms with van der Waals surface area (Å²) in [4.78, 5) is 12.2. The summed E-state index contributed by atoms with van der Waals surface area (Å²) in [5.41, 5.74) is 3.64. The van der Waals surface area contributed by atoms with E-state index in [0.717, 1.165) is 22.3 Å². The van der Waals surface area contributed by atoms with Crippen molar-refractivity contribution in [3.8, 4) is 0 Å². The van der Waals surface area contributed by atoms with E-state index >= 15 is 0 Å². The highest BCUT2D eigenvalue weighted by molar-refractivity contribution is 5.98. The van der Waals surface area contributed by atoms with Gasteiger partial charge in [-0.3, -0.25) is 4.79 Å². The highest BCUT2D eigenvalue weighted by Crippen LogP contribution is 2.14. The summed E-state index contributed by atoms with van der Waals surface area (Å²) in [7, 11) is 0. The molecule has 0 unspecified atom stereocenters. The first kappa shape index (κ1) is 12.5. The molecule has 0 aliphatic rings. The third-order valence-corrected chi connectivity index (χ3v) is 2.97. The molecule has 0 saturated heterocycles. The second-order valence-corrected chi connectivity index (χ2v) is 4.54. The molecule has 0 aromatic heterocycles. The zero-order valence-electron chi connectivity index (χ0n) is 10.5. The van der Waals surface area contributed by atoms with Crippen LogP contribution in [-0.2, 0) is 6.42 Å². The lowest BCUT2D eigenvalue weighted by Gasteiger charge is -2.06. The van der Waals surface area contributed by atoms with Gasteiger partial charge in [0.2, 0.25) is 0 Å². The van der Waals surface area contributed by atoms with Crippen LogP contribution in [0.5, 0.6) is 0 Å². The second-order valence-electron chi connectivity index (χ2n) is 4.54. The molecule has 2 aromatic rings. The lowest BCUT2D eigenvalue weighted by molar-refractivity contribution is 0.0992. The Hall–Kier alpha value is -1.96. The van der Waals surface area contributed by atoms with Crippen LogP contribution in [0.2, 0.25) is 0 Å². The van der Waals surface area contributed by atoms with Crippen molar-refractivity contribution in [3.63, 3.8) is 0 Å². The van der Waals surface area contributed by atoms with E-state index in [9.17, 15) is 9.18 Å². The first-order valence-electron chi connectivity index (χ1n) is 5.91. The van der Waals surface area contributed by atoms with Crippen molar-refractivity contribution in [3.05, 3.63) is 70.5 Å². The zero-order chi connectivity index (χ0) is 13.1. The van der Waals surface area contributed by atoms with Crippen molar-refractivity contribution in [2.75, 3.05) is 0 Å². The minimum Gasteiger partial charge on any atom is -0.294 e. The van der Waals surface area contributed by atoms with E-state index in [1.807, 2.05) is 32.0 Å². The van der Waals surface area contributed by atoms with Crippen molar-refractivity contribution in [1.82, 2.24) is 0 Å². The molecule has 0 spiro atoms. The average molecular weight is 242 g/mol. The summed E-state index contributed by atoms with van der Waals surface area (Å²) in [5.74, 6) is -0.208. The number of ketones is 1. The predicted octanol–water partition coefficient (Wildman–Crippen LogP) is 3.87.